The van der Waals surface area contributed by atoms with Gasteiger partial charge in [0.15, 0.2) is 17.9 Å². The maximum absolute atomic E-state index is 6.17. The first-order valence-corrected chi connectivity index (χ1v) is 9.86. The van der Waals surface area contributed by atoms with Crippen LogP contribution in [-0.4, -0.2) is 60.7 Å². The van der Waals surface area contributed by atoms with Crippen LogP contribution in [0, 0.1) is 0 Å². The summed E-state index contributed by atoms with van der Waals surface area (Å²) in [6.07, 6.45) is 5.08. The Balaban J connectivity index is 2.06. The Bertz CT molecular complexity index is 595. The molecule has 152 valence electrons. The summed E-state index contributed by atoms with van der Waals surface area (Å²) >= 11 is 0. The Hall–Kier alpha value is -2.52. The van der Waals surface area contributed by atoms with Gasteiger partial charge >= 0.3 is 0 Å². The second kappa shape index (κ2) is 10.6. The zero-order valence-corrected chi connectivity index (χ0v) is 16.7. The molecule has 0 aromatic heterocycles. The average Bonchev–Trinajstić information content (AvgIpc) is 2.61. The Morgan fingerprint density at radius 3 is 2.48 bits per heavy atom. The highest BCUT2D eigenvalue weighted by atomic mass is 15.4. The van der Waals surface area contributed by atoms with Crippen molar-refractivity contribution in [3.05, 3.63) is 0 Å². The van der Waals surface area contributed by atoms with Crippen LogP contribution in [0.25, 0.3) is 0 Å². The summed E-state index contributed by atoms with van der Waals surface area (Å²) in [5.74, 6) is 2.12. The van der Waals surface area contributed by atoms with Crippen LogP contribution in [0.2, 0.25) is 0 Å². The van der Waals surface area contributed by atoms with E-state index >= 15 is 0 Å². The number of aliphatic imine (C=N–C) groups is 4. The molecule has 0 bridgehead atoms. The van der Waals surface area contributed by atoms with E-state index in [1.165, 1.54) is 0 Å². The fraction of sp³-hybridized carbons (Fsp3) is 0.765. The normalized spacial score (nSPS) is 25.5. The lowest BCUT2D eigenvalue weighted by Gasteiger charge is -2.34. The molecule has 2 aliphatic heterocycles. The van der Waals surface area contributed by atoms with Gasteiger partial charge in [0.1, 0.15) is 12.3 Å². The maximum Gasteiger partial charge on any atom is 0.202 e. The van der Waals surface area contributed by atoms with Gasteiger partial charge in [-0.2, -0.15) is 0 Å². The summed E-state index contributed by atoms with van der Waals surface area (Å²) in [5, 5.41) is 9.51. The van der Waals surface area contributed by atoms with E-state index in [0.717, 1.165) is 51.2 Å². The van der Waals surface area contributed by atoms with Crippen molar-refractivity contribution in [3.63, 3.8) is 0 Å². The number of hydrogen-bond donors (Lipinski definition) is 5. The number of nitrogens with one attached hydrogen (secondary N) is 3. The highest BCUT2D eigenvalue weighted by molar-refractivity contribution is 6.01. The SMILES string of the molecule is CCCCCN=C1NC(N)=NC(CN2C(N)=NC(C)NC2=NCCCC)N1. The predicted octanol–water partition coefficient (Wildman–Crippen LogP) is 0.0882. The van der Waals surface area contributed by atoms with E-state index in [0.29, 0.717) is 24.4 Å². The van der Waals surface area contributed by atoms with Crippen LogP contribution in [0.1, 0.15) is 52.9 Å². The van der Waals surface area contributed by atoms with Crippen molar-refractivity contribution >= 4 is 23.8 Å². The largest absolute Gasteiger partial charge is 0.370 e. The molecule has 0 aromatic rings. The molecular formula is C17H34N10. The molecule has 0 saturated heterocycles. The summed E-state index contributed by atoms with van der Waals surface area (Å²) < 4.78 is 0. The summed E-state index contributed by atoms with van der Waals surface area (Å²) in [4.78, 5) is 19.8. The number of unbranched alkanes of at least 4 members (excludes halogenated alkanes) is 3. The zero-order valence-electron chi connectivity index (χ0n) is 16.7. The number of nitrogens with two attached hydrogens (primary N) is 2. The lowest BCUT2D eigenvalue weighted by atomic mass is 10.2. The van der Waals surface area contributed by atoms with Crippen molar-refractivity contribution in [1.29, 1.82) is 0 Å². The first kappa shape index (κ1) is 20.8. The van der Waals surface area contributed by atoms with Gasteiger partial charge in [-0.05, 0) is 19.8 Å². The Kier molecular flexibility index (Phi) is 8.15. The molecule has 27 heavy (non-hydrogen) atoms. The molecule has 2 aliphatic rings. The van der Waals surface area contributed by atoms with Crippen LogP contribution in [-0.2, 0) is 0 Å². The first-order chi connectivity index (χ1) is 13.0. The number of rotatable bonds is 9. The molecule has 10 heteroatoms. The van der Waals surface area contributed by atoms with Crippen LogP contribution in [0.5, 0.6) is 0 Å². The maximum atomic E-state index is 6.17. The predicted molar refractivity (Wildman–Crippen MR) is 112 cm³/mol. The van der Waals surface area contributed by atoms with Gasteiger partial charge in [0.25, 0.3) is 0 Å². The molecule has 7 N–H and O–H groups in total. The third-order valence-corrected chi connectivity index (χ3v) is 4.20. The van der Waals surface area contributed by atoms with Crippen molar-refractivity contribution in [3.8, 4) is 0 Å². The van der Waals surface area contributed by atoms with Gasteiger partial charge < -0.3 is 22.1 Å². The Labute approximate surface area is 161 Å². The van der Waals surface area contributed by atoms with Crippen LogP contribution in [0.15, 0.2) is 20.0 Å². The molecule has 0 amide bonds. The van der Waals surface area contributed by atoms with Crippen LogP contribution in [0.4, 0.5) is 0 Å². The van der Waals surface area contributed by atoms with Crippen molar-refractivity contribution < 1.29 is 0 Å². The van der Waals surface area contributed by atoms with E-state index in [2.05, 4.69) is 49.8 Å². The molecule has 0 fully saturated rings. The molecule has 2 heterocycles. The van der Waals surface area contributed by atoms with Crippen LogP contribution in [0.3, 0.4) is 0 Å². The van der Waals surface area contributed by atoms with E-state index in [1.807, 2.05) is 11.8 Å². The van der Waals surface area contributed by atoms with E-state index in [4.69, 9.17) is 11.5 Å². The minimum absolute atomic E-state index is 0.105. The lowest BCUT2D eigenvalue weighted by Crippen LogP contribution is -2.61. The summed E-state index contributed by atoms with van der Waals surface area (Å²) in [6.45, 7) is 8.20. The van der Waals surface area contributed by atoms with Crippen LogP contribution < -0.4 is 27.4 Å². The smallest absolute Gasteiger partial charge is 0.202 e. The third-order valence-electron chi connectivity index (χ3n) is 4.20. The molecule has 0 radical (unpaired) electrons. The lowest BCUT2D eigenvalue weighted by molar-refractivity contribution is 0.443. The van der Waals surface area contributed by atoms with Gasteiger partial charge in [-0.15, -0.1) is 0 Å². The average molecular weight is 379 g/mol. The van der Waals surface area contributed by atoms with E-state index in [-0.39, 0.29) is 12.3 Å². The molecule has 10 nitrogen and oxygen atoms in total. The highest BCUT2D eigenvalue weighted by Gasteiger charge is 2.27. The second-order valence-corrected chi connectivity index (χ2v) is 6.71. The summed E-state index contributed by atoms with van der Waals surface area (Å²) in [7, 11) is 0. The topological polar surface area (TPSA) is 141 Å². The van der Waals surface area contributed by atoms with E-state index in [1.54, 1.807) is 0 Å². The van der Waals surface area contributed by atoms with Gasteiger partial charge in [-0.25, -0.2) is 9.98 Å². The minimum atomic E-state index is -0.295. The fourth-order valence-electron chi connectivity index (χ4n) is 2.77. The van der Waals surface area contributed by atoms with E-state index in [9.17, 15) is 0 Å². The molecule has 2 unspecified atom stereocenters. The molecule has 0 spiro atoms. The Morgan fingerprint density at radius 2 is 1.74 bits per heavy atom. The van der Waals surface area contributed by atoms with Gasteiger partial charge in [0, 0.05) is 13.1 Å². The number of guanidine groups is 4. The first-order valence-electron chi connectivity index (χ1n) is 9.86. The number of nitrogens with zero attached hydrogens (tertiary/aromatic N) is 5. The fourth-order valence-corrected chi connectivity index (χ4v) is 2.77. The molecule has 2 atom stereocenters. The monoisotopic (exact) mass is 378 g/mol. The third kappa shape index (κ3) is 6.61. The molecule has 0 aromatic carbocycles. The highest BCUT2D eigenvalue weighted by Crippen LogP contribution is 2.06. The van der Waals surface area contributed by atoms with E-state index < -0.39 is 0 Å². The van der Waals surface area contributed by atoms with Crippen molar-refractivity contribution in [1.82, 2.24) is 20.9 Å². The zero-order chi connectivity index (χ0) is 19.6. The molecule has 2 rings (SSSR count). The van der Waals surface area contributed by atoms with Gasteiger partial charge in [-0.3, -0.25) is 20.2 Å². The minimum Gasteiger partial charge on any atom is -0.370 e. The Morgan fingerprint density at radius 1 is 1.00 bits per heavy atom. The second-order valence-electron chi connectivity index (χ2n) is 6.71. The molecule has 0 aliphatic carbocycles. The summed E-state index contributed by atoms with van der Waals surface area (Å²) in [6, 6.07) is 0. The van der Waals surface area contributed by atoms with Gasteiger partial charge in [-0.1, -0.05) is 33.1 Å². The number of hydrogen-bond acceptors (Lipinski definition) is 6. The van der Waals surface area contributed by atoms with Crippen LogP contribution >= 0.6 is 0 Å². The quantitative estimate of drug-likeness (QED) is 0.360. The molecular weight excluding hydrogens is 344 g/mol. The van der Waals surface area contributed by atoms with Crippen molar-refractivity contribution in [2.45, 2.75) is 65.2 Å². The van der Waals surface area contributed by atoms with Gasteiger partial charge in [0.05, 0.1) is 6.54 Å². The van der Waals surface area contributed by atoms with Gasteiger partial charge in [0.2, 0.25) is 5.96 Å². The molecule has 0 saturated carbocycles. The van der Waals surface area contributed by atoms with Crippen molar-refractivity contribution in [2.24, 2.45) is 31.4 Å². The summed E-state index contributed by atoms with van der Waals surface area (Å²) in [5.41, 5.74) is 12.1. The standard InChI is InChI=1S/C17H34N10/c1-4-6-8-10-20-16-25-13(24-14(18)26-16)11-27-15(19)22-12(3)23-17(27)21-9-7-5-2/h12-13H,4-11H2,1-3H3,(H2,19,22)(H,21,23)(H4,18,20,24,25,26). The van der Waals surface area contributed by atoms with Crippen molar-refractivity contribution in [2.75, 3.05) is 19.6 Å².